The largest absolute Gasteiger partial charge is 0.496 e. The van der Waals surface area contributed by atoms with E-state index in [-0.39, 0.29) is 12.6 Å². The number of anilines is 1. The molecular weight excluding hydrogens is 450 g/mol. The summed E-state index contributed by atoms with van der Waals surface area (Å²) in [4.78, 5) is 21.3. The third-order valence-electron chi connectivity index (χ3n) is 5.52. The zero-order valence-corrected chi connectivity index (χ0v) is 19.6. The highest BCUT2D eigenvalue weighted by Gasteiger charge is 2.14. The van der Waals surface area contributed by atoms with Gasteiger partial charge in [0.25, 0.3) is 0 Å². The first-order valence-electron chi connectivity index (χ1n) is 10.8. The number of ether oxygens (including phenoxy) is 3. The zero-order chi connectivity index (χ0) is 23.5. The Morgan fingerprint density at radius 2 is 1.91 bits per heavy atom. The monoisotopic (exact) mass is 473 g/mol. The molecular formula is C26H23N3O4S. The number of nitrogens with one attached hydrogen (secondary N) is 1. The summed E-state index contributed by atoms with van der Waals surface area (Å²) in [5.74, 6) is 3.61. The minimum Gasteiger partial charge on any atom is -0.496 e. The molecule has 1 N–H and O–H groups in total. The van der Waals surface area contributed by atoms with Crippen LogP contribution in [-0.4, -0.2) is 29.7 Å². The van der Waals surface area contributed by atoms with Gasteiger partial charge in [0, 0.05) is 28.8 Å². The van der Waals surface area contributed by atoms with Crippen molar-refractivity contribution in [3.63, 3.8) is 0 Å². The molecule has 4 aromatic rings. The van der Waals surface area contributed by atoms with Crippen molar-refractivity contribution in [3.05, 3.63) is 77.4 Å². The number of Topliss-reactive ketones (excluding diaryl/α,β-unsaturated/α-hetero) is 1. The summed E-state index contributed by atoms with van der Waals surface area (Å²) in [5, 5.41) is 5.04. The number of aromatic nitrogens is 2. The maximum atomic E-state index is 11.8. The first-order chi connectivity index (χ1) is 16.6. The van der Waals surface area contributed by atoms with Crippen molar-refractivity contribution in [1.29, 1.82) is 0 Å². The van der Waals surface area contributed by atoms with E-state index in [0.29, 0.717) is 23.0 Å². The summed E-state index contributed by atoms with van der Waals surface area (Å²) in [6, 6.07) is 19.3. The molecule has 0 spiro atoms. The van der Waals surface area contributed by atoms with Gasteiger partial charge < -0.3 is 19.5 Å². The van der Waals surface area contributed by atoms with E-state index in [2.05, 4.69) is 5.32 Å². The molecule has 5 rings (SSSR count). The highest BCUT2D eigenvalue weighted by Crippen LogP contribution is 2.33. The molecule has 0 aliphatic carbocycles. The second-order valence-electron chi connectivity index (χ2n) is 7.78. The van der Waals surface area contributed by atoms with E-state index in [0.717, 1.165) is 45.1 Å². The van der Waals surface area contributed by atoms with E-state index < -0.39 is 0 Å². The predicted octanol–water partition coefficient (Wildman–Crippen LogP) is 5.47. The summed E-state index contributed by atoms with van der Waals surface area (Å²) in [5.41, 5.74) is 3.50. The van der Waals surface area contributed by atoms with Gasteiger partial charge in [0.15, 0.2) is 22.4 Å². The SMILES string of the molecule is COc1ccc(C(C)=O)cc1CSc1nc(NCc2ccc3c(c2)OCO3)c2ccccc2n1. The number of para-hydroxylation sites is 1. The van der Waals surface area contributed by atoms with Crippen molar-refractivity contribution in [2.75, 3.05) is 19.2 Å². The van der Waals surface area contributed by atoms with E-state index in [1.165, 1.54) is 11.8 Å². The van der Waals surface area contributed by atoms with Crippen molar-refractivity contribution in [1.82, 2.24) is 9.97 Å². The first kappa shape index (κ1) is 22.0. The van der Waals surface area contributed by atoms with Crippen LogP contribution in [-0.2, 0) is 12.3 Å². The van der Waals surface area contributed by atoms with E-state index in [9.17, 15) is 4.79 Å². The summed E-state index contributed by atoms with van der Waals surface area (Å²) in [7, 11) is 1.63. The standard InChI is InChI=1S/C26H23N3O4S/c1-16(30)18-8-10-22(31-2)19(12-18)14-34-26-28-21-6-4-3-5-20(21)25(29-26)27-13-17-7-9-23-24(11-17)33-15-32-23/h3-12H,13-15H2,1-2H3,(H,27,28,29). The third-order valence-corrected chi connectivity index (χ3v) is 6.42. The highest BCUT2D eigenvalue weighted by molar-refractivity contribution is 7.98. The summed E-state index contributed by atoms with van der Waals surface area (Å²) < 4.78 is 16.4. The Labute approximate surface area is 201 Å². The molecule has 0 amide bonds. The number of thioether (sulfide) groups is 1. The number of nitrogens with zero attached hydrogens (tertiary/aromatic N) is 2. The molecule has 0 saturated carbocycles. The number of fused-ring (bicyclic) bond motifs is 2. The highest BCUT2D eigenvalue weighted by atomic mass is 32.2. The van der Waals surface area contributed by atoms with Gasteiger partial charge in [-0.1, -0.05) is 30.0 Å². The van der Waals surface area contributed by atoms with Crippen LogP contribution in [0.2, 0.25) is 0 Å². The Balaban J connectivity index is 1.39. The fourth-order valence-electron chi connectivity index (χ4n) is 3.74. The lowest BCUT2D eigenvalue weighted by Gasteiger charge is -2.12. The Morgan fingerprint density at radius 1 is 1.06 bits per heavy atom. The van der Waals surface area contributed by atoms with E-state index in [1.807, 2.05) is 54.6 Å². The molecule has 0 saturated heterocycles. The Bertz CT molecular complexity index is 1380. The lowest BCUT2D eigenvalue weighted by molar-refractivity contribution is 0.101. The Kier molecular flexibility index (Phi) is 6.22. The van der Waals surface area contributed by atoms with Gasteiger partial charge in [-0.15, -0.1) is 0 Å². The van der Waals surface area contributed by atoms with Crippen LogP contribution in [0.1, 0.15) is 28.4 Å². The number of carbonyl (C=O) groups excluding carboxylic acids is 1. The second kappa shape index (κ2) is 9.61. The number of benzene rings is 3. The molecule has 8 heteroatoms. The van der Waals surface area contributed by atoms with Crippen LogP contribution >= 0.6 is 11.8 Å². The van der Waals surface area contributed by atoms with Gasteiger partial charge in [-0.2, -0.15) is 0 Å². The molecule has 7 nitrogen and oxygen atoms in total. The summed E-state index contributed by atoms with van der Waals surface area (Å²) in [6.45, 7) is 2.39. The molecule has 0 fully saturated rings. The molecule has 172 valence electrons. The van der Waals surface area contributed by atoms with Crippen LogP contribution in [0, 0.1) is 0 Å². The molecule has 2 heterocycles. The van der Waals surface area contributed by atoms with Gasteiger partial charge in [0.2, 0.25) is 6.79 Å². The summed E-state index contributed by atoms with van der Waals surface area (Å²) in [6.07, 6.45) is 0. The van der Waals surface area contributed by atoms with Crippen molar-refractivity contribution in [3.8, 4) is 17.2 Å². The Hall–Kier alpha value is -3.78. The lowest BCUT2D eigenvalue weighted by atomic mass is 10.1. The van der Waals surface area contributed by atoms with Crippen LogP contribution in [0.3, 0.4) is 0 Å². The molecule has 34 heavy (non-hydrogen) atoms. The molecule has 0 atom stereocenters. The van der Waals surface area contributed by atoms with Crippen LogP contribution in [0.4, 0.5) is 5.82 Å². The lowest BCUT2D eigenvalue weighted by Crippen LogP contribution is -2.04. The van der Waals surface area contributed by atoms with Crippen LogP contribution < -0.4 is 19.5 Å². The number of carbonyl (C=O) groups is 1. The van der Waals surface area contributed by atoms with Crippen molar-refractivity contribution >= 4 is 34.3 Å². The van der Waals surface area contributed by atoms with Gasteiger partial charge in [-0.05, 0) is 55.0 Å². The summed E-state index contributed by atoms with van der Waals surface area (Å²) >= 11 is 1.50. The number of hydrogen-bond donors (Lipinski definition) is 1. The maximum Gasteiger partial charge on any atom is 0.231 e. The van der Waals surface area contributed by atoms with Gasteiger partial charge in [0.05, 0.1) is 12.6 Å². The van der Waals surface area contributed by atoms with Crippen molar-refractivity contribution in [2.45, 2.75) is 24.4 Å². The first-order valence-corrected chi connectivity index (χ1v) is 11.8. The van der Waals surface area contributed by atoms with Gasteiger partial charge >= 0.3 is 0 Å². The molecule has 1 aromatic heterocycles. The topological polar surface area (TPSA) is 82.6 Å². The average molecular weight is 474 g/mol. The second-order valence-corrected chi connectivity index (χ2v) is 8.73. The zero-order valence-electron chi connectivity index (χ0n) is 18.8. The predicted molar refractivity (Wildman–Crippen MR) is 132 cm³/mol. The minimum absolute atomic E-state index is 0.0193. The molecule has 0 unspecified atom stereocenters. The average Bonchev–Trinajstić information content (AvgIpc) is 3.33. The molecule has 0 bridgehead atoms. The fraction of sp³-hybridized carbons (Fsp3) is 0.192. The van der Waals surface area contributed by atoms with Gasteiger partial charge in [-0.25, -0.2) is 9.97 Å². The van der Waals surface area contributed by atoms with Gasteiger partial charge in [-0.3, -0.25) is 4.79 Å². The number of hydrogen-bond acceptors (Lipinski definition) is 8. The quantitative estimate of drug-likeness (QED) is 0.205. The fourth-order valence-corrected chi connectivity index (χ4v) is 4.57. The van der Waals surface area contributed by atoms with E-state index in [4.69, 9.17) is 24.2 Å². The van der Waals surface area contributed by atoms with Crippen molar-refractivity contribution < 1.29 is 19.0 Å². The molecule has 1 aliphatic rings. The third kappa shape index (κ3) is 4.63. The number of rotatable bonds is 8. The van der Waals surface area contributed by atoms with Crippen molar-refractivity contribution in [2.24, 2.45) is 0 Å². The van der Waals surface area contributed by atoms with Crippen LogP contribution in [0.15, 0.2) is 65.8 Å². The Morgan fingerprint density at radius 3 is 2.76 bits per heavy atom. The number of ketones is 1. The maximum absolute atomic E-state index is 11.8. The number of methoxy groups -OCH3 is 1. The van der Waals surface area contributed by atoms with Crippen LogP contribution in [0.25, 0.3) is 10.9 Å². The smallest absolute Gasteiger partial charge is 0.231 e. The van der Waals surface area contributed by atoms with E-state index >= 15 is 0 Å². The normalized spacial score (nSPS) is 12.1. The molecule has 0 radical (unpaired) electrons. The van der Waals surface area contributed by atoms with E-state index in [1.54, 1.807) is 20.1 Å². The van der Waals surface area contributed by atoms with Crippen LogP contribution in [0.5, 0.6) is 17.2 Å². The molecule has 3 aromatic carbocycles. The molecule has 1 aliphatic heterocycles. The van der Waals surface area contributed by atoms with Gasteiger partial charge in [0.1, 0.15) is 11.6 Å². The minimum atomic E-state index is 0.0193.